The molecule has 0 fully saturated rings. The van der Waals surface area contributed by atoms with Gasteiger partial charge in [0.2, 0.25) is 11.8 Å². The first kappa shape index (κ1) is 13.5. The maximum absolute atomic E-state index is 10.6. The van der Waals surface area contributed by atoms with Gasteiger partial charge in [0.05, 0.1) is 10.7 Å². The van der Waals surface area contributed by atoms with Crippen LogP contribution in [0, 0.1) is 3.57 Å². The molecular formula is C16H13ClINO2. The Morgan fingerprint density at radius 2 is 1.62 bits per heavy atom. The van der Waals surface area contributed by atoms with E-state index < -0.39 is 0 Å². The van der Waals surface area contributed by atoms with Gasteiger partial charge in [-0.15, -0.1) is 0 Å². The standard InChI is InChI=1S/C16H13ClINO2/c17-11-7-10(5-6-12(11)18)19-15(20)13-8-1-2-9(4-3-8)14(13)16(19)21/h1-2,5-9,20-21H,3-4H2/t8-,9+. The third-order valence-electron chi connectivity index (χ3n) is 4.46. The van der Waals surface area contributed by atoms with E-state index >= 15 is 0 Å². The quantitative estimate of drug-likeness (QED) is 0.527. The van der Waals surface area contributed by atoms with Crippen molar-refractivity contribution < 1.29 is 10.2 Å². The van der Waals surface area contributed by atoms with Crippen LogP contribution >= 0.6 is 34.2 Å². The van der Waals surface area contributed by atoms with E-state index in [1.807, 2.05) is 12.1 Å². The zero-order valence-corrected chi connectivity index (χ0v) is 14.0. The van der Waals surface area contributed by atoms with Crippen molar-refractivity contribution in [1.29, 1.82) is 0 Å². The van der Waals surface area contributed by atoms with Gasteiger partial charge in [0, 0.05) is 26.5 Å². The van der Waals surface area contributed by atoms with Crippen LogP contribution in [0.3, 0.4) is 0 Å². The number of allylic oxidation sites excluding steroid dienone is 2. The molecule has 2 N–H and O–H groups in total. The minimum atomic E-state index is 0.138. The Morgan fingerprint density at radius 1 is 1.05 bits per heavy atom. The fourth-order valence-corrected chi connectivity index (χ4v) is 3.99. The molecule has 2 atom stereocenters. The van der Waals surface area contributed by atoms with Crippen LogP contribution in [0.15, 0.2) is 30.4 Å². The van der Waals surface area contributed by atoms with Crippen molar-refractivity contribution in [2.24, 2.45) is 0 Å². The Balaban J connectivity index is 1.96. The number of aromatic nitrogens is 1. The summed E-state index contributed by atoms with van der Waals surface area (Å²) in [6.07, 6.45) is 6.33. The van der Waals surface area contributed by atoms with Crippen LogP contribution in [0.5, 0.6) is 11.8 Å². The molecule has 0 aliphatic heterocycles. The first-order chi connectivity index (χ1) is 10.1. The van der Waals surface area contributed by atoms with E-state index in [2.05, 4.69) is 34.7 Å². The molecule has 0 saturated carbocycles. The topological polar surface area (TPSA) is 45.4 Å². The van der Waals surface area contributed by atoms with Gasteiger partial charge in [-0.25, -0.2) is 0 Å². The molecule has 5 heteroatoms. The van der Waals surface area contributed by atoms with Gasteiger partial charge in [-0.05, 0) is 53.6 Å². The lowest BCUT2D eigenvalue weighted by atomic mass is 9.73. The molecule has 3 nitrogen and oxygen atoms in total. The number of benzene rings is 1. The van der Waals surface area contributed by atoms with Gasteiger partial charge in [0.15, 0.2) is 0 Å². The van der Waals surface area contributed by atoms with Crippen molar-refractivity contribution in [3.05, 3.63) is 50.1 Å². The van der Waals surface area contributed by atoms with Crippen LogP contribution in [0.1, 0.15) is 35.8 Å². The molecule has 0 unspecified atom stereocenters. The van der Waals surface area contributed by atoms with E-state index in [-0.39, 0.29) is 23.6 Å². The summed E-state index contributed by atoms with van der Waals surface area (Å²) in [6.45, 7) is 0. The van der Waals surface area contributed by atoms with Gasteiger partial charge in [-0.3, -0.25) is 4.57 Å². The Hall–Kier alpha value is -1.14. The van der Waals surface area contributed by atoms with E-state index in [1.165, 1.54) is 4.57 Å². The number of nitrogens with zero attached hydrogens (tertiary/aromatic N) is 1. The molecule has 21 heavy (non-hydrogen) atoms. The molecule has 0 saturated heterocycles. The zero-order chi connectivity index (χ0) is 14.7. The normalized spacial score (nSPS) is 22.6. The second-order valence-corrected chi connectivity index (χ2v) is 7.15. The Kier molecular flexibility index (Phi) is 3.01. The van der Waals surface area contributed by atoms with E-state index in [1.54, 1.807) is 6.07 Å². The largest absolute Gasteiger partial charge is 0.494 e. The van der Waals surface area contributed by atoms with Crippen molar-refractivity contribution in [3.8, 4) is 17.4 Å². The van der Waals surface area contributed by atoms with E-state index in [0.29, 0.717) is 10.7 Å². The van der Waals surface area contributed by atoms with Crippen LogP contribution in [0.4, 0.5) is 0 Å². The van der Waals surface area contributed by atoms with Crippen molar-refractivity contribution in [2.45, 2.75) is 24.7 Å². The second kappa shape index (κ2) is 4.68. The van der Waals surface area contributed by atoms with E-state index in [4.69, 9.17) is 11.6 Å². The lowest BCUT2D eigenvalue weighted by Crippen LogP contribution is -2.15. The Labute approximate surface area is 141 Å². The van der Waals surface area contributed by atoms with Gasteiger partial charge in [-0.1, -0.05) is 23.8 Å². The molecule has 1 aromatic heterocycles. The fraction of sp³-hybridized carbons (Fsp3) is 0.250. The minimum Gasteiger partial charge on any atom is -0.494 e. The molecule has 3 aliphatic carbocycles. The molecule has 3 aliphatic rings. The smallest absolute Gasteiger partial charge is 0.202 e. The molecule has 1 aromatic carbocycles. The summed E-state index contributed by atoms with van der Waals surface area (Å²) in [5, 5.41) is 21.8. The Morgan fingerprint density at radius 3 is 2.10 bits per heavy atom. The molecule has 0 amide bonds. The lowest BCUT2D eigenvalue weighted by Gasteiger charge is -2.30. The summed E-state index contributed by atoms with van der Waals surface area (Å²) in [6, 6.07) is 5.50. The summed E-state index contributed by atoms with van der Waals surface area (Å²) >= 11 is 8.32. The highest BCUT2D eigenvalue weighted by atomic mass is 127. The predicted octanol–water partition coefficient (Wildman–Crippen LogP) is 4.68. The zero-order valence-electron chi connectivity index (χ0n) is 11.1. The number of aromatic hydroxyl groups is 2. The summed E-state index contributed by atoms with van der Waals surface area (Å²) in [4.78, 5) is 0. The molecule has 1 heterocycles. The molecule has 2 bridgehead atoms. The van der Waals surface area contributed by atoms with Gasteiger partial charge < -0.3 is 10.2 Å². The van der Waals surface area contributed by atoms with Crippen molar-refractivity contribution in [2.75, 3.05) is 0 Å². The first-order valence-corrected chi connectivity index (χ1v) is 8.33. The van der Waals surface area contributed by atoms with E-state index in [0.717, 1.165) is 27.5 Å². The van der Waals surface area contributed by atoms with E-state index in [9.17, 15) is 10.2 Å². The molecule has 5 rings (SSSR count). The molecule has 2 aromatic rings. The molecule has 0 radical (unpaired) electrons. The number of hydrogen-bond acceptors (Lipinski definition) is 2. The highest BCUT2D eigenvalue weighted by Crippen LogP contribution is 2.54. The average Bonchev–Trinajstić information content (AvgIpc) is 2.78. The van der Waals surface area contributed by atoms with Crippen molar-refractivity contribution in [1.82, 2.24) is 4.57 Å². The minimum absolute atomic E-state index is 0.138. The summed E-state index contributed by atoms with van der Waals surface area (Å²) in [7, 11) is 0. The number of rotatable bonds is 1. The number of hydrogen-bond donors (Lipinski definition) is 2. The summed E-state index contributed by atoms with van der Waals surface area (Å²) < 4.78 is 2.45. The molecule has 0 spiro atoms. The predicted molar refractivity (Wildman–Crippen MR) is 90.7 cm³/mol. The van der Waals surface area contributed by atoms with Gasteiger partial charge in [0.25, 0.3) is 0 Å². The summed E-state index contributed by atoms with van der Waals surface area (Å²) in [5.74, 6) is 0.686. The SMILES string of the molecule is Oc1c2c(c(O)n1-c1ccc(I)c(Cl)c1)[C@H]1C=C[C@@H]2CC1. The van der Waals surface area contributed by atoms with Crippen LogP contribution in [0.2, 0.25) is 5.02 Å². The van der Waals surface area contributed by atoms with Crippen LogP contribution < -0.4 is 0 Å². The summed E-state index contributed by atoms with van der Waals surface area (Å²) in [5.41, 5.74) is 2.44. The second-order valence-electron chi connectivity index (χ2n) is 5.58. The van der Waals surface area contributed by atoms with Crippen molar-refractivity contribution >= 4 is 34.2 Å². The number of halogens is 2. The molecular weight excluding hydrogens is 401 g/mol. The van der Waals surface area contributed by atoms with Crippen LogP contribution in [-0.2, 0) is 0 Å². The maximum atomic E-state index is 10.6. The highest BCUT2D eigenvalue weighted by molar-refractivity contribution is 14.1. The maximum Gasteiger partial charge on any atom is 0.202 e. The van der Waals surface area contributed by atoms with Crippen molar-refractivity contribution in [3.63, 3.8) is 0 Å². The highest BCUT2D eigenvalue weighted by Gasteiger charge is 2.37. The third kappa shape index (κ3) is 1.85. The fourth-order valence-electron chi connectivity index (χ4n) is 3.48. The average molecular weight is 414 g/mol. The third-order valence-corrected chi connectivity index (χ3v) is 6.04. The van der Waals surface area contributed by atoms with Gasteiger partial charge in [0.1, 0.15) is 0 Å². The van der Waals surface area contributed by atoms with Crippen LogP contribution in [-0.4, -0.2) is 14.8 Å². The van der Waals surface area contributed by atoms with Gasteiger partial charge >= 0.3 is 0 Å². The molecule has 108 valence electrons. The van der Waals surface area contributed by atoms with Crippen LogP contribution in [0.25, 0.3) is 5.69 Å². The first-order valence-electron chi connectivity index (χ1n) is 6.88. The Bertz CT molecular complexity index is 744. The monoisotopic (exact) mass is 413 g/mol. The number of fused-ring (bicyclic) bond motifs is 1. The lowest BCUT2D eigenvalue weighted by molar-refractivity contribution is 0.399. The van der Waals surface area contributed by atoms with Gasteiger partial charge in [-0.2, -0.15) is 0 Å².